The fourth-order valence-electron chi connectivity index (χ4n) is 2.61. The molecule has 0 radical (unpaired) electrons. The summed E-state index contributed by atoms with van der Waals surface area (Å²) in [6.07, 6.45) is 1.85. The van der Waals surface area contributed by atoms with Crippen LogP contribution in [0, 0.1) is 0 Å². The Balaban J connectivity index is 1.88. The number of carbonyl (C=O) groups is 2. The molecule has 1 fully saturated rings. The monoisotopic (exact) mass is 446 g/mol. The van der Waals surface area contributed by atoms with Crippen molar-refractivity contribution in [3.8, 4) is 0 Å². The molecule has 0 saturated carbocycles. The van der Waals surface area contributed by atoms with E-state index in [1.54, 1.807) is 6.08 Å². The van der Waals surface area contributed by atoms with Gasteiger partial charge in [-0.25, -0.2) is 0 Å². The Bertz CT molecular complexity index is 899. The quantitative estimate of drug-likeness (QED) is 0.521. The molecule has 1 heterocycles. The lowest BCUT2D eigenvalue weighted by molar-refractivity contribution is -0.310. The summed E-state index contributed by atoms with van der Waals surface area (Å²) in [6.45, 7) is 0. The molecule has 0 aliphatic carbocycles. The number of carbonyl (C=O) groups excluding carboxylic acids is 2. The number of halogens is 1. The third-order valence-electron chi connectivity index (χ3n) is 3.83. The highest BCUT2D eigenvalue weighted by molar-refractivity contribution is 9.10. The predicted octanol–water partition coefficient (Wildman–Crippen LogP) is 3.01. The molecular formula is C19H13BrNO3S2-. The highest BCUT2D eigenvalue weighted by Crippen LogP contribution is 2.34. The standard InChI is InChI=1S/C19H14BrNO3S2/c20-14-8-4-7-13(9-14)11-16-17(22)21(19(25)26-16)15(18(23)24)10-12-5-2-1-3-6-12/h1-9,11,15H,10H2,(H,23,24)/p-1/b16-11-/t15-/m0/s1. The minimum atomic E-state index is -1.33. The number of carboxylic acids is 1. The molecule has 1 aliphatic heterocycles. The summed E-state index contributed by atoms with van der Waals surface area (Å²) in [5.74, 6) is -1.74. The Morgan fingerprint density at radius 2 is 1.96 bits per heavy atom. The molecule has 4 nitrogen and oxygen atoms in total. The number of hydrogen-bond acceptors (Lipinski definition) is 5. The first-order chi connectivity index (χ1) is 12.5. The van der Waals surface area contributed by atoms with E-state index in [9.17, 15) is 14.7 Å². The first-order valence-corrected chi connectivity index (χ1v) is 9.75. The number of thioether (sulfide) groups is 1. The van der Waals surface area contributed by atoms with Crippen LogP contribution in [0.3, 0.4) is 0 Å². The normalized spacial score (nSPS) is 17.0. The molecule has 0 unspecified atom stereocenters. The number of benzene rings is 2. The minimum absolute atomic E-state index is 0.139. The molecule has 0 N–H and O–H groups in total. The summed E-state index contributed by atoms with van der Waals surface area (Å²) in [4.78, 5) is 26.0. The molecular weight excluding hydrogens is 434 g/mol. The SMILES string of the molecule is O=C([O-])[C@H](Cc1ccccc1)N1C(=O)/C(=C/c2cccc(Br)c2)SC1=S. The molecule has 7 heteroatoms. The zero-order valence-electron chi connectivity index (χ0n) is 13.4. The van der Waals surface area contributed by atoms with Crippen LogP contribution in [0.4, 0.5) is 0 Å². The second-order valence-electron chi connectivity index (χ2n) is 5.63. The van der Waals surface area contributed by atoms with E-state index in [0.29, 0.717) is 4.91 Å². The van der Waals surface area contributed by atoms with Crippen LogP contribution in [-0.2, 0) is 16.0 Å². The number of thiocarbonyl (C=S) groups is 1. The molecule has 26 heavy (non-hydrogen) atoms. The Morgan fingerprint density at radius 1 is 1.23 bits per heavy atom. The molecule has 0 bridgehead atoms. The minimum Gasteiger partial charge on any atom is -0.548 e. The molecule has 3 rings (SSSR count). The molecule has 2 aromatic carbocycles. The number of hydrogen-bond donors (Lipinski definition) is 0. The number of carboxylic acid groups (broad SMARTS) is 1. The molecule has 1 aliphatic rings. The van der Waals surface area contributed by atoms with Crippen LogP contribution < -0.4 is 5.11 Å². The van der Waals surface area contributed by atoms with E-state index < -0.39 is 17.9 Å². The topological polar surface area (TPSA) is 60.4 Å². The molecule has 1 saturated heterocycles. The van der Waals surface area contributed by atoms with Crippen molar-refractivity contribution in [2.75, 3.05) is 0 Å². The van der Waals surface area contributed by atoms with Crippen LogP contribution in [0.1, 0.15) is 11.1 Å². The van der Waals surface area contributed by atoms with Crippen LogP contribution >= 0.6 is 39.9 Å². The lowest BCUT2D eigenvalue weighted by Gasteiger charge is -2.27. The number of nitrogens with zero attached hydrogens (tertiary/aromatic N) is 1. The average Bonchev–Trinajstić information content (AvgIpc) is 2.87. The van der Waals surface area contributed by atoms with Crippen LogP contribution in [-0.4, -0.2) is 27.1 Å². The summed E-state index contributed by atoms with van der Waals surface area (Å²) in [5, 5.41) is 11.7. The fourth-order valence-corrected chi connectivity index (χ4v) is 4.39. The molecule has 2 aromatic rings. The maximum atomic E-state index is 12.8. The van der Waals surface area contributed by atoms with Crippen LogP contribution in [0.15, 0.2) is 64.0 Å². The number of amides is 1. The zero-order valence-corrected chi connectivity index (χ0v) is 16.6. The van der Waals surface area contributed by atoms with Crippen molar-refractivity contribution >= 4 is 62.2 Å². The van der Waals surface area contributed by atoms with Gasteiger partial charge in [0, 0.05) is 4.47 Å². The Kier molecular flexibility index (Phi) is 5.90. The van der Waals surface area contributed by atoms with Gasteiger partial charge < -0.3 is 9.90 Å². The van der Waals surface area contributed by atoms with Crippen LogP contribution in [0.5, 0.6) is 0 Å². The van der Waals surface area contributed by atoms with Crippen molar-refractivity contribution in [1.82, 2.24) is 4.90 Å². The maximum absolute atomic E-state index is 12.8. The van der Waals surface area contributed by atoms with Gasteiger partial charge in [-0.1, -0.05) is 82.4 Å². The van der Waals surface area contributed by atoms with Gasteiger partial charge in [-0.15, -0.1) is 0 Å². The Hall–Kier alpha value is -1.96. The number of rotatable bonds is 5. The van der Waals surface area contributed by atoms with Gasteiger partial charge in [-0.3, -0.25) is 9.69 Å². The molecule has 1 amide bonds. The van der Waals surface area contributed by atoms with E-state index >= 15 is 0 Å². The van der Waals surface area contributed by atoms with Gasteiger partial charge in [0.2, 0.25) is 0 Å². The van der Waals surface area contributed by atoms with Crippen molar-refractivity contribution in [1.29, 1.82) is 0 Å². The van der Waals surface area contributed by atoms with E-state index in [2.05, 4.69) is 15.9 Å². The summed E-state index contributed by atoms with van der Waals surface area (Å²) in [6, 6.07) is 15.4. The molecule has 0 aromatic heterocycles. The van der Waals surface area contributed by atoms with Crippen LogP contribution in [0.2, 0.25) is 0 Å². The zero-order chi connectivity index (χ0) is 18.7. The lowest BCUT2D eigenvalue weighted by Crippen LogP contribution is -2.51. The van der Waals surface area contributed by atoms with Gasteiger partial charge >= 0.3 is 0 Å². The highest BCUT2D eigenvalue weighted by Gasteiger charge is 2.37. The third kappa shape index (κ3) is 4.23. The van der Waals surface area contributed by atoms with E-state index in [0.717, 1.165) is 32.3 Å². The highest BCUT2D eigenvalue weighted by atomic mass is 79.9. The first-order valence-electron chi connectivity index (χ1n) is 7.73. The third-order valence-corrected chi connectivity index (χ3v) is 5.65. The Labute approximate surface area is 169 Å². The predicted molar refractivity (Wildman–Crippen MR) is 108 cm³/mol. The second-order valence-corrected chi connectivity index (χ2v) is 8.22. The molecule has 0 spiro atoms. The lowest BCUT2D eigenvalue weighted by atomic mass is 10.0. The van der Waals surface area contributed by atoms with Gasteiger partial charge in [0.05, 0.1) is 16.9 Å². The van der Waals surface area contributed by atoms with E-state index in [4.69, 9.17) is 12.2 Å². The van der Waals surface area contributed by atoms with Crippen molar-refractivity contribution < 1.29 is 14.7 Å². The molecule has 132 valence electrons. The van der Waals surface area contributed by atoms with Crippen molar-refractivity contribution in [3.63, 3.8) is 0 Å². The largest absolute Gasteiger partial charge is 0.548 e. The van der Waals surface area contributed by atoms with E-state index in [1.165, 1.54) is 0 Å². The smallest absolute Gasteiger partial charge is 0.266 e. The van der Waals surface area contributed by atoms with Crippen molar-refractivity contribution in [3.05, 3.63) is 75.1 Å². The first kappa shape index (κ1) is 18.8. The summed E-state index contributed by atoms with van der Waals surface area (Å²) < 4.78 is 1.11. The van der Waals surface area contributed by atoms with Crippen molar-refractivity contribution in [2.45, 2.75) is 12.5 Å². The maximum Gasteiger partial charge on any atom is 0.266 e. The summed E-state index contributed by atoms with van der Waals surface area (Å²) in [7, 11) is 0. The average molecular weight is 447 g/mol. The van der Waals surface area contributed by atoms with Gasteiger partial charge in [0.15, 0.2) is 0 Å². The second kappa shape index (κ2) is 8.16. The van der Waals surface area contributed by atoms with E-state index in [1.807, 2.05) is 54.6 Å². The Morgan fingerprint density at radius 3 is 2.62 bits per heavy atom. The van der Waals surface area contributed by atoms with Gasteiger partial charge in [-0.05, 0) is 35.8 Å². The van der Waals surface area contributed by atoms with Gasteiger partial charge in [0.1, 0.15) is 4.32 Å². The van der Waals surface area contributed by atoms with Crippen LogP contribution in [0.25, 0.3) is 6.08 Å². The number of aliphatic carboxylic acids is 1. The summed E-state index contributed by atoms with van der Waals surface area (Å²) >= 11 is 9.76. The van der Waals surface area contributed by atoms with Crippen molar-refractivity contribution in [2.24, 2.45) is 0 Å². The van der Waals surface area contributed by atoms with Gasteiger partial charge in [-0.2, -0.15) is 0 Å². The van der Waals surface area contributed by atoms with E-state index in [-0.39, 0.29) is 10.7 Å². The fraction of sp³-hybridized carbons (Fsp3) is 0.105. The molecule has 1 atom stereocenters. The van der Waals surface area contributed by atoms with Gasteiger partial charge in [0.25, 0.3) is 5.91 Å². The summed E-state index contributed by atoms with van der Waals surface area (Å²) in [5.41, 5.74) is 1.62.